The molecule has 4 atom stereocenters. The molecular weight excluding hydrogens is 945 g/mol. The third-order valence-electron chi connectivity index (χ3n) is 19.7. The van der Waals surface area contributed by atoms with Crippen molar-refractivity contribution in [1.82, 2.24) is 0 Å². The third-order valence-corrected chi connectivity index (χ3v) is 19.7. The van der Waals surface area contributed by atoms with Crippen LogP contribution in [0, 0.1) is 59.2 Å². The highest BCUT2D eigenvalue weighted by atomic mass is 16.6. The number of hydrogen-bond donors (Lipinski definition) is 0. The topological polar surface area (TPSA) is 105 Å². The van der Waals surface area contributed by atoms with Crippen LogP contribution in [0.1, 0.15) is 310 Å². The molecule has 4 unspecified atom stereocenters. The van der Waals surface area contributed by atoms with E-state index in [0.29, 0.717) is 50.2 Å². The van der Waals surface area contributed by atoms with Gasteiger partial charge in [0.25, 0.3) is 0 Å². The first-order valence-electron chi connectivity index (χ1n) is 33.5. The Morgan fingerprint density at radius 3 is 1.07 bits per heavy atom. The van der Waals surface area contributed by atoms with E-state index >= 15 is 0 Å². The van der Waals surface area contributed by atoms with Gasteiger partial charge in [-0.25, -0.2) is 4.79 Å². The summed E-state index contributed by atoms with van der Waals surface area (Å²) in [6.07, 6.45) is 57.5. The van der Waals surface area contributed by atoms with Crippen molar-refractivity contribution < 1.29 is 38.1 Å². The van der Waals surface area contributed by atoms with Crippen molar-refractivity contribution in [2.75, 3.05) is 26.4 Å². The Kier molecular flexibility index (Phi) is 37.0. The van der Waals surface area contributed by atoms with Gasteiger partial charge in [0.05, 0.1) is 13.2 Å². The van der Waals surface area contributed by atoms with Gasteiger partial charge in [-0.3, -0.25) is 14.4 Å². The summed E-state index contributed by atoms with van der Waals surface area (Å²) in [7, 11) is 0. The molecule has 4 saturated carbocycles. The maximum absolute atomic E-state index is 12.8. The molecule has 0 spiro atoms. The molecule has 0 aromatic heterocycles. The molecular formula is C68H120O8. The summed E-state index contributed by atoms with van der Waals surface area (Å²) in [5.41, 5.74) is 0. The smallest absolute Gasteiger partial charge is 0.330 e. The lowest BCUT2D eigenvalue weighted by atomic mass is 9.61. The van der Waals surface area contributed by atoms with Crippen LogP contribution < -0.4 is 0 Å². The molecule has 0 bridgehead atoms. The minimum Gasteiger partial charge on any atom is -0.466 e. The molecule has 4 aliphatic rings. The molecule has 0 N–H and O–H groups in total. The van der Waals surface area contributed by atoms with E-state index < -0.39 is 5.97 Å². The molecule has 0 aromatic rings. The summed E-state index contributed by atoms with van der Waals surface area (Å²) in [6.45, 7) is 11.7. The molecule has 76 heavy (non-hydrogen) atoms. The largest absolute Gasteiger partial charge is 0.466 e. The SMILES string of the molecule is C=CC(=O)OCCOC(=O)CC1CCC(CC2CCC(CC(=O)OCCCCCCCCC3CCC(CCCCCC)C(CCCCCCCC)C3CCCCCCCCOC(=O)CC3CCC(CC)CC3)CC2)CC1. The van der Waals surface area contributed by atoms with E-state index in [1.807, 2.05) is 0 Å². The van der Waals surface area contributed by atoms with Crippen LogP contribution in [0.2, 0.25) is 0 Å². The Bertz CT molecular complexity index is 1490. The van der Waals surface area contributed by atoms with Crippen LogP contribution >= 0.6 is 0 Å². The Morgan fingerprint density at radius 2 is 0.671 bits per heavy atom. The first-order chi connectivity index (χ1) is 37.2. The lowest BCUT2D eigenvalue weighted by Gasteiger charge is -2.44. The second-order valence-electron chi connectivity index (χ2n) is 25.6. The molecule has 0 saturated heterocycles. The van der Waals surface area contributed by atoms with Crippen molar-refractivity contribution in [1.29, 1.82) is 0 Å². The Morgan fingerprint density at radius 1 is 0.355 bits per heavy atom. The van der Waals surface area contributed by atoms with Crippen LogP contribution in [0.15, 0.2) is 12.7 Å². The monoisotopic (exact) mass is 1060 g/mol. The molecule has 0 aliphatic heterocycles. The fourth-order valence-electron chi connectivity index (χ4n) is 14.8. The molecule has 4 aliphatic carbocycles. The predicted molar refractivity (Wildman–Crippen MR) is 314 cm³/mol. The third kappa shape index (κ3) is 29.7. The zero-order valence-corrected chi connectivity index (χ0v) is 50.0. The molecule has 440 valence electrons. The minimum absolute atomic E-state index is 0.0161. The van der Waals surface area contributed by atoms with Gasteiger partial charge in [0.2, 0.25) is 0 Å². The van der Waals surface area contributed by atoms with Gasteiger partial charge in [-0.05, 0) is 143 Å². The van der Waals surface area contributed by atoms with Gasteiger partial charge in [0.15, 0.2) is 0 Å². The van der Waals surface area contributed by atoms with Gasteiger partial charge in [0.1, 0.15) is 13.2 Å². The quantitative estimate of drug-likeness (QED) is 0.0257. The van der Waals surface area contributed by atoms with Crippen LogP contribution in [0.4, 0.5) is 0 Å². The Labute approximate surface area is 468 Å². The average Bonchev–Trinajstić information content (AvgIpc) is 3.42. The van der Waals surface area contributed by atoms with Crippen molar-refractivity contribution in [2.45, 2.75) is 310 Å². The fraction of sp³-hybridized carbons (Fsp3) is 0.912. The van der Waals surface area contributed by atoms with Gasteiger partial charge in [-0.1, -0.05) is 214 Å². The summed E-state index contributed by atoms with van der Waals surface area (Å²) in [5.74, 6) is 6.88. The number of esters is 4. The summed E-state index contributed by atoms with van der Waals surface area (Å²) < 4.78 is 21.6. The summed E-state index contributed by atoms with van der Waals surface area (Å²) in [5, 5.41) is 0. The predicted octanol–water partition coefficient (Wildman–Crippen LogP) is 19.2. The zero-order valence-electron chi connectivity index (χ0n) is 50.0. The lowest BCUT2D eigenvalue weighted by molar-refractivity contribution is -0.150. The van der Waals surface area contributed by atoms with E-state index in [4.69, 9.17) is 18.9 Å². The highest BCUT2D eigenvalue weighted by molar-refractivity contribution is 5.81. The maximum Gasteiger partial charge on any atom is 0.330 e. The Balaban J connectivity index is 1.07. The van der Waals surface area contributed by atoms with Crippen LogP contribution in [-0.2, 0) is 38.1 Å². The van der Waals surface area contributed by atoms with Crippen LogP contribution in [0.25, 0.3) is 0 Å². The van der Waals surface area contributed by atoms with Crippen molar-refractivity contribution in [3.8, 4) is 0 Å². The molecule has 8 nitrogen and oxygen atoms in total. The van der Waals surface area contributed by atoms with E-state index in [9.17, 15) is 19.2 Å². The summed E-state index contributed by atoms with van der Waals surface area (Å²) in [4.78, 5) is 48.8. The molecule has 0 aromatic carbocycles. The van der Waals surface area contributed by atoms with Crippen molar-refractivity contribution in [2.24, 2.45) is 59.2 Å². The number of rotatable bonds is 43. The van der Waals surface area contributed by atoms with E-state index in [1.165, 1.54) is 225 Å². The summed E-state index contributed by atoms with van der Waals surface area (Å²) in [6, 6.07) is 0. The zero-order chi connectivity index (χ0) is 54.3. The standard InChI is InChI=1S/C68H120O8/c1-5-9-11-13-19-25-31-63-61(29-23-12-10-6-2)45-46-62(64(63)32-26-20-15-17-22-28-48-73-66(70)52-58-35-33-55(7-3)34-36-58)30-24-18-14-16-21-27-47-74-67(71)53-59-41-37-56(38-42-59)51-57-39-43-60(44-40-57)54-68(72)76-50-49-75-65(69)8-4/h8,55-64H,4-7,9-54H2,1-3H3. The van der Waals surface area contributed by atoms with Gasteiger partial charge in [-0.2, -0.15) is 0 Å². The maximum atomic E-state index is 12.8. The number of carbonyl (C=O) groups excluding carboxylic acids is 4. The van der Waals surface area contributed by atoms with E-state index in [-0.39, 0.29) is 31.1 Å². The van der Waals surface area contributed by atoms with Crippen LogP contribution in [0.5, 0.6) is 0 Å². The molecule has 4 rings (SSSR count). The minimum atomic E-state index is -0.500. The normalized spacial score (nSPS) is 25.9. The van der Waals surface area contributed by atoms with Gasteiger partial charge in [0, 0.05) is 25.3 Å². The second kappa shape index (κ2) is 42.5. The van der Waals surface area contributed by atoms with Crippen LogP contribution in [0.3, 0.4) is 0 Å². The molecule has 0 radical (unpaired) electrons. The first kappa shape index (κ1) is 66.1. The van der Waals surface area contributed by atoms with Gasteiger partial charge in [-0.15, -0.1) is 0 Å². The lowest BCUT2D eigenvalue weighted by Crippen LogP contribution is -2.35. The van der Waals surface area contributed by atoms with E-state index in [1.54, 1.807) is 0 Å². The van der Waals surface area contributed by atoms with Crippen molar-refractivity contribution in [3.05, 3.63) is 12.7 Å². The van der Waals surface area contributed by atoms with Gasteiger partial charge < -0.3 is 18.9 Å². The van der Waals surface area contributed by atoms with E-state index in [2.05, 4.69) is 27.4 Å². The number of ether oxygens (including phenoxy) is 4. The van der Waals surface area contributed by atoms with Crippen molar-refractivity contribution >= 4 is 23.9 Å². The van der Waals surface area contributed by atoms with Gasteiger partial charge >= 0.3 is 23.9 Å². The summed E-state index contributed by atoms with van der Waals surface area (Å²) >= 11 is 0. The molecule has 0 heterocycles. The molecule has 4 fully saturated rings. The molecule has 8 heteroatoms. The number of hydrogen-bond acceptors (Lipinski definition) is 8. The van der Waals surface area contributed by atoms with Crippen LogP contribution in [-0.4, -0.2) is 50.3 Å². The van der Waals surface area contributed by atoms with E-state index in [0.717, 1.165) is 92.4 Å². The number of carbonyl (C=O) groups is 4. The number of unbranched alkanes of at least 4 members (excludes halogenated alkanes) is 18. The molecule has 0 amide bonds. The second-order valence-corrected chi connectivity index (χ2v) is 25.6. The average molecular weight is 1070 g/mol. The van der Waals surface area contributed by atoms with Crippen molar-refractivity contribution in [3.63, 3.8) is 0 Å². The highest BCUT2D eigenvalue weighted by Crippen LogP contribution is 2.48. The first-order valence-corrected chi connectivity index (χ1v) is 33.5. The Hall–Kier alpha value is -2.38. The highest BCUT2D eigenvalue weighted by Gasteiger charge is 2.38. The fourth-order valence-corrected chi connectivity index (χ4v) is 14.8.